The molecule has 0 bridgehead atoms. The second-order valence-corrected chi connectivity index (χ2v) is 4.49. The summed E-state index contributed by atoms with van der Waals surface area (Å²) in [6, 6.07) is 6.49. The summed E-state index contributed by atoms with van der Waals surface area (Å²) in [4.78, 5) is 6.84. The summed E-state index contributed by atoms with van der Waals surface area (Å²) < 4.78 is 0. The molecule has 1 aliphatic rings. The molecule has 3 heteroatoms. The van der Waals surface area contributed by atoms with Crippen molar-refractivity contribution in [2.75, 3.05) is 31.1 Å². The van der Waals surface area contributed by atoms with Crippen LogP contribution in [0.2, 0.25) is 0 Å². The Kier molecular flexibility index (Phi) is 3.67. The second kappa shape index (κ2) is 5.21. The maximum atomic E-state index is 4.46. The SMILES string of the molecule is CCN(CC1=NCCN1)c1cccc(C)c1C. The third-order valence-corrected chi connectivity index (χ3v) is 3.38. The highest BCUT2D eigenvalue weighted by molar-refractivity contribution is 5.88. The molecule has 1 aliphatic heterocycles. The lowest BCUT2D eigenvalue weighted by Gasteiger charge is -2.25. The summed E-state index contributed by atoms with van der Waals surface area (Å²) in [6.45, 7) is 10.3. The summed E-state index contributed by atoms with van der Waals surface area (Å²) in [7, 11) is 0. The van der Waals surface area contributed by atoms with Gasteiger partial charge in [0.05, 0.1) is 13.1 Å². The molecule has 0 amide bonds. The van der Waals surface area contributed by atoms with E-state index in [4.69, 9.17) is 0 Å². The molecule has 17 heavy (non-hydrogen) atoms. The highest BCUT2D eigenvalue weighted by Gasteiger charge is 2.13. The lowest BCUT2D eigenvalue weighted by atomic mass is 10.1. The topological polar surface area (TPSA) is 27.6 Å². The van der Waals surface area contributed by atoms with E-state index >= 15 is 0 Å². The Morgan fingerprint density at radius 2 is 2.18 bits per heavy atom. The van der Waals surface area contributed by atoms with E-state index in [1.54, 1.807) is 0 Å². The average molecular weight is 231 g/mol. The average Bonchev–Trinajstić information content (AvgIpc) is 2.83. The fraction of sp³-hybridized carbons (Fsp3) is 0.500. The standard InChI is InChI=1S/C14H21N3/c1-4-17(10-14-15-8-9-16-14)13-7-5-6-11(2)12(13)3/h5-7H,4,8-10H2,1-3H3,(H,15,16). The van der Waals surface area contributed by atoms with E-state index in [-0.39, 0.29) is 0 Å². The first-order chi connectivity index (χ1) is 8.22. The molecular weight excluding hydrogens is 210 g/mol. The van der Waals surface area contributed by atoms with Crippen molar-refractivity contribution in [1.82, 2.24) is 5.32 Å². The van der Waals surface area contributed by atoms with Crippen LogP contribution >= 0.6 is 0 Å². The third kappa shape index (κ3) is 2.60. The predicted octanol–water partition coefficient (Wildman–Crippen LogP) is 2.13. The maximum absolute atomic E-state index is 4.46. The fourth-order valence-corrected chi connectivity index (χ4v) is 2.18. The van der Waals surface area contributed by atoms with Crippen LogP contribution in [0.15, 0.2) is 23.2 Å². The summed E-state index contributed by atoms with van der Waals surface area (Å²) in [5.74, 6) is 1.12. The van der Waals surface area contributed by atoms with Crippen molar-refractivity contribution in [3.63, 3.8) is 0 Å². The van der Waals surface area contributed by atoms with E-state index in [2.05, 4.69) is 54.2 Å². The highest BCUT2D eigenvalue weighted by atomic mass is 15.2. The molecule has 0 aromatic heterocycles. The van der Waals surface area contributed by atoms with Gasteiger partial charge in [0.25, 0.3) is 0 Å². The molecule has 0 unspecified atom stereocenters. The maximum Gasteiger partial charge on any atom is 0.116 e. The zero-order chi connectivity index (χ0) is 12.3. The van der Waals surface area contributed by atoms with Crippen LogP contribution in [0.25, 0.3) is 0 Å². The molecule has 1 aromatic carbocycles. The van der Waals surface area contributed by atoms with Gasteiger partial charge in [0.15, 0.2) is 0 Å². The van der Waals surface area contributed by atoms with Crippen molar-refractivity contribution < 1.29 is 0 Å². The van der Waals surface area contributed by atoms with Gasteiger partial charge in [-0.2, -0.15) is 0 Å². The van der Waals surface area contributed by atoms with Crippen molar-refractivity contribution in [1.29, 1.82) is 0 Å². The Balaban J connectivity index is 2.19. The Morgan fingerprint density at radius 3 is 2.82 bits per heavy atom. The van der Waals surface area contributed by atoms with Crippen molar-refractivity contribution in [2.45, 2.75) is 20.8 Å². The first kappa shape index (κ1) is 12.0. The van der Waals surface area contributed by atoms with E-state index < -0.39 is 0 Å². The van der Waals surface area contributed by atoms with Crippen LogP contribution in [-0.4, -0.2) is 32.0 Å². The second-order valence-electron chi connectivity index (χ2n) is 4.49. The van der Waals surface area contributed by atoms with Crippen LogP contribution in [0, 0.1) is 13.8 Å². The van der Waals surface area contributed by atoms with Gasteiger partial charge in [-0.25, -0.2) is 0 Å². The molecule has 0 fully saturated rings. The van der Waals surface area contributed by atoms with Crippen molar-refractivity contribution >= 4 is 11.5 Å². The van der Waals surface area contributed by atoms with Gasteiger partial charge in [-0.1, -0.05) is 12.1 Å². The predicted molar refractivity (Wildman–Crippen MR) is 74.1 cm³/mol. The molecule has 0 atom stereocenters. The molecule has 0 saturated heterocycles. The summed E-state index contributed by atoms with van der Waals surface area (Å²) in [5, 5.41) is 3.33. The van der Waals surface area contributed by atoms with E-state index in [0.29, 0.717) is 0 Å². The van der Waals surface area contributed by atoms with E-state index in [1.807, 2.05) is 0 Å². The third-order valence-electron chi connectivity index (χ3n) is 3.38. The first-order valence-electron chi connectivity index (χ1n) is 6.30. The number of amidine groups is 1. The molecule has 0 spiro atoms. The summed E-state index contributed by atoms with van der Waals surface area (Å²) in [6.07, 6.45) is 0. The summed E-state index contributed by atoms with van der Waals surface area (Å²) >= 11 is 0. The Morgan fingerprint density at radius 1 is 1.35 bits per heavy atom. The number of aliphatic imine (C=N–C) groups is 1. The zero-order valence-electron chi connectivity index (χ0n) is 11.0. The number of likely N-dealkylation sites (N-methyl/N-ethyl adjacent to an activating group) is 1. The highest BCUT2D eigenvalue weighted by Crippen LogP contribution is 2.22. The fourth-order valence-electron chi connectivity index (χ4n) is 2.18. The lowest BCUT2D eigenvalue weighted by molar-refractivity contribution is 0.892. The molecule has 2 rings (SSSR count). The minimum Gasteiger partial charge on any atom is -0.370 e. The monoisotopic (exact) mass is 231 g/mol. The number of nitrogens with zero attached hydrogens (tertiary/aromatic N) is 2. The molecule has 1 N–H and O–H groups in total. The number of nitrogens with one attached hydrogen (secondary N) is 1. The number of aryl methyl sites for hydroxylation is 1. The van der Waals surface area contributed by atoms with Gasteiger partial charge < -0.3 is 10.2 Å². The molecule has 1 heterocycles. The van der Waals surface area contributed by atoms with Crippen molar-refractivity contribution in [3.8, 4) is 0 Å². The van der Waals surface area contributed by atoms with Crippen LogP contribution in [0.1, 0.15) is 18.1 Å². The van der Waals surface area contributed by atoms with Crippen LogP contribution < -0.4 is 10.2 Å². The van der Waals surface area contributed by atoms with E-state index in [9.17, 15) is 0 Å². The normalized spacial score (nSPS) is 14.4. The van der Waals surface area contributed by atoms with Gasteiger partial charge in [-0.05, 0) is 38.0 Å². The van der Waals surface area contributed by atoms with E-state index in [0.717, 1.165) is 32.0 Å². The Hall–Kier alpha value is -1.51. The molecule has 0 saturated carbocycles. The minimum atomic E-state index is 0.890. The number of hydrogen-bond acceptors (Lipinski definition) is 3. The van der Waals surface area contributed by atoms with Gasteiger partial charge in [0.2, 0.25) is 0 Å². The van der Waals surface area contributed by atoms with Crippen molar-refractivity contribution in [2.24, 2.45) is 4.99 Å². The number of rotatable bonds is 4. The number of hydrogen-bond donors (Lipinski definition) is 1. The molecule has 1 aromatic rings. The quantitative estimate of drug-likeness (QED) is 0.859. The Bertz CT molecular complexity index is 423. The molecule has 92 valence electrons. The van der Waals surface area contributed by atoms with Crippen LogP contribution in [0.3, 0.4) is 0 Å². The van der Waals surface area contributed by atoms with Gasteiger partial charge in [-0.3, -0.25) is 4.99 Å². The smallest absolute Gasteiger partial charge is 0.116 e. The number of anilines is 1. The first-order valence-corrected chi connectivity index (χ1v) is 6.30. The van der Waals surface area contributed by atoms with E-state index in [1.165, 1.54) is 16.8 Å². The van der Waals surface area contributed by atoms with Crippen molar-refractivity contribution in [3.05, 3.63) is 29.3 Å². The molecular formula is C14H21N3. The van der Waals surface area contributed by atoms with Gasteiger partial charge in [0, 0.05) is 18.8 Å². The largest absolute Gasteiger partial charge is 0.370 e. The molecule has 0 aliphatic carbocycles. The van der Waals surface area contributed by atoms with Gasteiger partial charge >= 0.3 is 0 Å². The molecule has 0 radical (unpaired) electrons. The Labute approximate surface area is 104 Å². The lowest BCUT2D eigenvalue weighted by Crippen LogP contribution is -2.35. The van der Waals surface area contributed by atoms with Gasteiger partial charge in [-0.15, -0.1) is 0 Å². The molecule has 3 nitrogen and oxygen atoms in total. The number of benzene rings is 1. The summed E-state index contributed by atoms with van der Waals surface area (Å²) in [5.41, 5.74) is 4.04. The minimum absolute atomic E-state index is 0.890. The van der Waals surface area contributed by atoms with Gasteiger partial charge in [0.1, 0.15) is 5.84 Å². The van der Waals surface area contributed by atoms with Crippen LogP contribution in [0.4, 0.5) is 5.69 Å². The van der Waals surface area contributed by atoms with Crippen LogP contribution in [-0.2, 0) is 0 Å². The van der Waals surface area contributed by atoms with Crippen LogP contribution in [0.5, 0.6) is 0 Å². The zero-order valence-corrected chi connectivity index (χ0v) is 11.0.